The van der Waals surface area contributed by atoms with Crippen LogP contribution in [0.25, 0.3) is 0 Å². The van der Waals surface area contributed by atoms with Crippen molar-refractivity contribution in [3.63, 3.8) is 0 Å². The lowest BCUT2D eigenvalue weighted by Gasteiger charge is -2.12. The normalized spacial score (nSPS) is 10.9. The van der Waals surface area contributed by atoms with Gasteiger partial charge in [0.2, 0.25) is 0 Å². The fourth-order valence-electron chi connectivity index (χ4n) is 1.07. The number of hydrogen-bond acceptors (Lipinski definition) is 3. The van der Waals surface area contributed by atoms with Gasteiger partial charge in [0.25, 0.3) is 0 Å². The van der Waals surface area contributed by atoms with Gasteiger partial charge in [-0.05, 0) is 42.7 Å². The van der Waals surface area contributed by atoms with Gasteiger partial charge in [0.05, 0.1) is 5.69 Å². The maximum absolute atomic E-state index is 5.80. The molecule has 0 spiro atoms. The summed E-state index contributed by atoms with van der Waals surface area (Å²) in [6.45, 7) is 0. The molecule has 0 aromatic heterocycles. The highest BCUT2D eigenvalue weighted by atomic mass is 35.5. The van der Waals surface area contributed by atoms with Gasteiger partial charge in [-0.1, -0.05) is 11.6 Å². The van der Waals surface area contributed by atoms with Crippen LogP contribution in [0.2, 0.25) is 5.02 Å². The summed E-state index contributed by atoms with van der Waals surface area (Å²) in [5.74, 6) is 1.11. The van der Waals surface area contributed by atoms with Crippen LogP contribution in [0.1, 0.15) is 6.42 Å². The van der Waals surface area contributed by atoms with E-state index in [-0.39, 0.29) is 0 Å². The highest BCUT2D eigenvalue weighted by Gasteiger charge is 1.96. The smallest absolute Gasteiger partial charge is 0.0591 e. The fourth-order valence-corrected chi connectivity index (χ4v) is 1.54. The Morgan fingerprint density at radius 3 is 2.67 bits per heavy atom. The highest BCUT2D eigenvalue weighted by molar-refractivity contribution is 7.98. The van der Waals surface area contributed by atoms with Crippen LogP contribution in [0.4, 0.5) is 5.69 Å². The van der Waals surface area contributed by atoms with Crippen molar-refractivity contribution in [1.82, 2.24) is 0 Å². The Hall–Kier alpha value is -0.670. The van der Waals surface area contributed by atoms with Gasteiger partial charge in [0, 0.05) is 18.3 Å². The first-order chi connectivity index (χ1) is 7.24. The summed E-state index contributed by atoms with van der Waals surface area (Å²) in [6, 6.07) is 7.64. The fraction of sp³-hybridized carbons (Fsp3) is 0.364. The molecule has 0 N–H and O–H groups in total. The zero-order valence-electron chi connectivity index (χ0n) is 8.98. The molecule has 0 aliphatic rings. The van der Waals surface area contributed by atoms with Crippen LogP contribution in [0, 0.1) is 0 Å². The third-order valence-electron chi connectivity index (χ3n) is 1.91. The van der Waals surface area contributed by atoms with Gasteiger partial charge in [-0.25, -0.2) is 0 Å². The van der Waals surface area contributed by atoms with Gasteiger partial charge in [-0.15, -0.1) is 0 Å². The van der Waals surface area contributed by atoms with Crippen molar-refractivity contribution in [3.05, 3.63) is 29.3 Å². The molecule has 0 atom stereocenters. The van der Waals surface area contributed by atoms with E-state index in [1.165, 1.54) is 0 Å². The van der Waals surface area contributed by atoms with Gasteiger partial charge in [0.1, 0.15) is 0 Å². The SMILES string of the molecule is CSCCC=NN(C)c1ccc(Cl)cc1. The van der Waals surface area contributed by atoms with Crippen molar-refractivity contribution in [2.75, 3.05) is 24.1 Å². The van der Waals surface area contributed by atoms with E-state index in [2.05, 4.69) is 11.4 Å². The van der Waals surface area contributed by atoms with E-state index in [9.17, 15) is 0 Å². The lowest BCUT2D eigenvalue weighted by atomic mass is 10.3. The van der Waals surface area contributed by atoms with E-state index < -0.39 is 0 Å². The van der Waals surface area contributed by atoms with Crippen LogP contribution in [-0.4, -0.2) is 25.3 Å². The molecule has 0 unspecified atom stereocenters. The predicted molar refractivity (Wildman–Crippen MR) is 71.3 cm³/mol. The Balaban J connectivity index is 2.49. The van der Waals surface area contributed by atoms with Gasteiger partial charge in [-0.3, -0.25) is 5.01 Å². The first kappa shape index (κ1) is 12.4. The molecule has 4 heteroatoms. The molecule has 0 bridgehead atoms. The highest BCUT2D eigenvalue weighted by Crippen LogP contribution is 2.16. The minimum absolute atomic E-state index is 0.749. The number of nitrogens with zero attached hydrogens (tertiary/aromatic N) is 2. The average molecular weight is 243 g/mol. The average Bonchev–Trinajstić information content (AvgIpc) is 2.25. The van der Waals surface area contributed by atoms with Gasteiger partial charge in [0.15, 0.2) is 0 Å². The molecule has 0 aliphatic heterocycles. The molecule has 1 aromatic carbocycles. The van der Waals surface area contributed by atoms with E-state index in [1.807, 2.05) is 54.3 Å². The van der Waals surface area contributed by atoms with Crippen LogP contribution in [-0.2, 0) is 0 Å². The van der Waals surface area contributed by atoms with Crippen LogP contribution in [0.15, 0.2) is 29.4 Å². The number of rotatable bonds is 5. The summed E-state index contributed by atoms with van der Waals surface area (Å²) >= 11 is 7.63. The molecule has 1 rings (SSSR count). The lowest BCUT2D eigenvalue weighted by Crippen LogP contribution is -2.08. The van der Waals surface area contributed by atoms with E-state index in [0.29, 0.717) is 0 Å². The van der Waals surface area contributed by atoms with Crippen LogP contribution in [0.5, 0.6) is 0 Å². The number of hydrogen-bond donors (Lipinski definition) is 0. The van der Waals surface area contributed by atoms with Gasteiger partial charge in [-0.2, -0.15) is 16.9 Å². The van der Waals surface area contributed by atoms with Crippen LogP contribution in [0.3, 0.4) is 0 Å². The van der Waals surface area contributed by atoms with Crippen molar-refractivity contribution in [2.45, 2.75) is 6.42 Å². The Labute approximate surface area is 100 Å². The second-order valence-corrected chi connectivity index (χ2v) is 4.50. The van der Waals surface area contributed by atoms with Crippen molar-refractivity contribution in [2.24, 2.45) is 5.10 Å². The standard InChI is InChI=1S/C11H15ClN2S/c1-14(13-8-3-9-15-2)11-6-4-10(12)5-7-11/h4-8H,3,9H2,1-2H3. The summed E-state index contributed by atoms with van der Waals surface area (Å²) in [5, 5.41) is 6.91. The molecule has 15 heavy (non-hydrogen) atoms. The number of hydrazone groups is 1. The topological polar surface area (TPSA) is 15.6 Å². The van der Waals surface area contributed by atoms with Crippen LogP contribution < -0.4 is 5.01 Å². The molecule has 0 fully saturated rings. The number of halogens is 1. The third kappa shape index (κ3) is 4.58. The second-order valence-electron chi connectivity index (χ2n) is 3.08. The van der Waals surface area contributed by atoms with Crippen molar-refractivity contribution in [1.29, 1.82) is 0 Å². The first-order valence-electron chi connectivity index (χ1n) is 4.74. The second kappa shape index (κ2) is 6.75. The molecule has 2 nitrogen and oxygen atoms in total. The zero-order chi connectivity index (χ0) is 11.1. The molecular formula is C11H15ClN2S. The molecule has 1 aromatic rings. The summed E-state index contributed by atoms with van der Waals surface area (Å²) < 4.78 is 0. The Morgan fingerprint density at radius 2 is 2.07 bits per heavy atom. The molecule has 0 heterocycles. The zero-order valence-corrected chi connectivity index (χ0v) is 10.6. The number of benzene rings is 1. The van der Waals surface area contributed by atoms with Crippen molar-refractivity contribution in [3.8, 4) is 0 Å². The molecule has 82 valence electrons. The third-order valence-corrected chi connectivity index (χ3v) is 2.80. The molecule has 0 amide bonds. The summed E-state index contributed by atoms with van der Waals surface area (Å²) in [5.41, 5.74) is 1.04. The van der Waals surface area contributed by atoms with E-state index in [1.54, 1.807) is 0 Å². The van der Waals surface area contributed by atoms with E-state index in [0.717, 1.165) is 22.9 Å². The molecule has 0 saturated carbocycles. The number of thioether (sulfide) groups is 1. The van der Waals surface area contributed by atoms with E-state index in [4.69, 9.17) is 11.6 Å². The predicted octanol–water partition coefficient (Wildman–Crippen LogP) is 3.52. The molecule has 0 saturated heterocycles. The quantitative estimate of drug-likeness (QED) is 0.446. The monoisotopic (exact) mass is 242 g/mol. The minimum Gasteiger partial charge on any atom is -0.269 e. The summed E-state index contributed by atoms with van der Waals surface area (Å²) in [4.78, 5) is 0. The summed E-state index contributed by atoms with van der Waals surface area (Å²) in [6.07, 6.45) is 5.03. The molecular weight excluding hydrogens is 228 g/mol. The first-order valence-corrected chi connectivity index (χ1v) is 6.52. The maximum Gasteiger partial charge on any atom is 0.0591 e. The maximum atomic E-state index is 5.80. The van der Waals surface area contributed by atoms with Crippen molar-refractivity contribution >= 4 is 35.3 Å². The van der Waals surface area contributed by atoms with Crippen LogP contribution >= 0.6 is 23.4 Å². The lowest BCUT2D eigenvalue weighted by molar-refractivity contribution is 1.01. The van der Waals surface area contributed by atoms with Gasteiger partial charge < -0.3 is 0 Å². The van der Waals surface area contributed by atoms with Crippen molar-refractivity contribution < 1.29 is 0 Å². The number of anilines is 1. The Morgan fingerprint density at radius 1 is 1.40 bits per heavy atom. The molecule has 0 aliphatic carbocycles. The Bertz CT molecular complexity index is 311. The summed E-state index contributed by atoms with van der Waals surface area (Å²) in [7, 11) is 1.93. The van der Waals surface area contributed by atoms with Gasteiger partial charge >= 0.3 is 0 Å². The largest absolute Gasteiger partial charge is 0.269 e. The minimum atomic E-state index is 0.749. The van der Waals surface area contributed by atoms with E-state index >= 15 is 0 Å². The molecule has 0 radical (unpaired) electrons. The Kier molecular flexibility index (Phi) is 5.58.